The summed E-state index contributed by atoms with van der Waals surface area (Å²) < 4.78 is 2.67. The molecule has 1 amide bonds. The lowest BCUT2D eigenvalue weighted by Crippen LogP contribution is -2.44. The SMILES string of the molecule is CC(C)CCn1c(=O)c2ccccc2n(CC(=O)N[C@H](C)CCc2ccccc2)c1=O. The third kappa shape index (κ3) is 5.72. The number of amides is 1. The van der Waals surface area contributed by atoms with Gasteiger partial charge in [-0.2, -0.15) is 0 Å². The molecule has 3 rings (SSSR count). The van der Waals surface area contributed by atoms with Gasteiger partial charge < -0.3 is 5.32 Å². The molecule has 3 aromatic rings. The van der Waals surface area contributed by atoms with Crippen molar-refractivity contribution in [2.75, 3.05) is 0 Å². The number of fused-ring (bicyclic) bond motifs is 1. The van der Waals surface area contributed by atoms with Gasteiger partial charge in [0.1, 0.15) is 6.54 Å². The molecule has 31 heavy (non-hydrogen) atoms. The molecule has 1 aromatic heterocycles. The van der Waals surface area contributed by atoms with E-state index in [1.54, 1.807) is 24.3 Å². The molecule has 1 heterocycles. The maximum Gasteiger partial charge on any atom is 0.331 e. The third-order valence-electron chi connectivity index (χ3n) is 5.48. The van der Waals surface area contributed by atoms with Crippen molar-refractivity contribution in [1.82, 2.24) is 14.5 Å². The van der Waals surface area contributed by atoms with Crippen molar-refractivity contribution in [3.05, 3.63) is 81.0 Å². The summed E-state index contributed by atoms with van der Waals surface area (Å²) in [7, 11) is 0. The van der Waals surface area contributed by atoms with Crippen LogP contribution >= 0.6 is 0 Å². The van der Waals surface area contributed by atoms with Crippen molar-refractivity contribution in [2.45, 2.75) is 59.2 Å². The molecule has 1 atom stereocenters. The first-order valence-corrected chi connectivity index (χ1v) is 10.9. The van der Waals surface area contributed by atoms with Crippen molar-refractivity contribution in [1.29, 1.82) is 0 Å². The number of nitrogens with zero attached hydrogens (tertiary/aromatic N) is 2. The molecule has 164 valence electrons. The van der Waals surface area contributed by atoms with Gasteiger partial charge in [-0.05, 0) is 49.8 Å². The molecule has 2 aromatic carbocycles. The second-order valence-corrected chi connectivity index (χ2v) is 8.52. The largest absolute Gasteiger partial charge is 0.352 e. The van der Waals surface area contributed by atoms with E-state index in [9.17, 15) is 14.4 Å². The Morgan fingerprint density at radius 2 is 1.58 bits per heavy atom. The van der Waals surface area contributed by atoms with Gasteiger partial charge in [0.15, 0.2) is 0 Å². The van der Waals surface area contributed by atoms with Crippen molar-refractivity contribution in [3.63, 3.8) is 0 Å². The van der Waals surface area contributed by atoms with Crippen LogP contribution in [0.3, 0.4) is 0 Å². The number of aryl methyl sites for hydroxylation is 1. The third-order valence-corrected chi connectivity index (χ3v) is 5.48. The van der Waals surface area contributed by atoms with Gasteiger partial charge in [-0.3, -0.25) is 18.7 Å². The van der Waals surface area contributed by atoms with Crippen LogP contribution in [0.5, 0.6) is 0 Å². The Labute approximate surface area is 182 Å². The van der Waals surface area contributed by atoms with Crippen molar-refractivity contribution < 1.29 is 4.79 Å². The highest BCUT2D eigenvalue weighted by atomic mass is 16.2. The summed E-state index contributed by atoms with van der Waals surface area (Å²) >= 11 is 0. The molecule has 0 saturated heterocycles. The van der Waals surface area contributed by atoms with Crippen LogP contribution in [0.25, 0.3) is 10.9 Å². The average Bonchev–Trinajstić information content (AvgIpc) is 2.75. The van der Waals surface area contributed by atoms with Crippen LogP contribution < -0.4 is 16.6 Å². The van der Waals surface area contributed by atoms with Crippen molar-refractivity contribution in [3.8, 4) is 0 Å². The van der Waals surface area contributed by atoms with Crippen LogP contribution in [0.1, 0.15) is 39.2 Å². The zero-order chi connectivity index (χ0) is 22.4. The zero-order valence-corrected chi connectivity index (χ0v) is 18.5. The summed E-state index contributed by atoms with van der Waals surface area (Å²) in [5, 5.41) is 3.44. The number of hydrogen-bond donors (Lipinski definition) is 1. The highest BCUT2D eigenvalue weighted by Crippen LogP contribution is 2.09. The first-order chi connectivity index (χ1) is 14.9. The van der Waals surface area contributed by atoms with Gasteiger partial charge in [0.2, 0.25) is 5.91 Å². The summed E-state index contributed by atoms with van der Waals surface area (Å²) in [6.07, 6.45) is 2.39. The van der Waals surface area contributed by atoms with E-state index in [2.05, 4.69) is 31.3 Å². The maximum atomic E-state index is 13.1. The number of carbonyl (C=O) groups is 1. The molecule has 0 unspecified atom stereocenters. The van der Waals surface area contributed by atoms with Crippen LogP contribution in [-0.2, 0) is 24.3 Å². The number of nitrogens with one attached hydrogen (secondary N) is 1. The molecule has 0 aliphatic heterocycles. The van der Waals surface area contributed by atoms with E-state index < -0.39 is 5.69 Å². The fraction of sp³-hybridized carbons (Fsp3) is 0.400. The molecule has 6 heteroatoms. The number of hydrogen-bond acceptors (Lipinski definition) is 3. The zero-order valence-electron chi connectivity index (χ0n) is 18.5. The van der Waals surface area contributed by atoms with Gasteiger partial charge in [-0.15, -0.1) is 0 Å². The second kappa shape index (κ2) is 10.2. The van der Waals surface area contributed by atoms with Crippen LogP contribution in [0.15, 0.2) is 64.2 Å². The average molecular weight is 422 g/mol. The molecule has 6 nitrogen and oxygen atoms in total. The molecule has 0 bridgehead atoms. The molecule has 1 N–H and O–H groups in total. The fourth-order valence-corrected chi connectivity index (χ4v) is 3.67. The van der Waals surface area contributed by atoms with E-state index in [0.717, 1.165) is 19.3 Å². The fourth-order valence-electron chi connectivity index (χ4n) is 3.67. The van der Waals surface area contributed by atoms with Gasteiger partial charge in [0.05, 0.1) is 10.9 Å². The minimum absolute atomic E-state index is 0.0264. The van der Waals surface area contributed by atoms with Gasteiger partial charge in [-0.25, -0.2) is 4.79 Å². The quantitative estimate of drug-likeness (QED) is 0.576. The van der Waals surface area contributed by atoms with Gasteiger partial charge >= 0.3 is 5.69 Å². The number of rotatable bonds is 9. The number of aromatic nitrogens is 2. The maximum absolute atomic E-state index is 13.1. The van der Waals surface area contributed by atoms with Crippen LogP contribution in [0, 0.1) is 5.92 Å². The molecule has 0 spiro atoms. The van der Waals surface area contributed by atoms with E-state index in [-0.39, 0.29) is 24.1 Å². The highest BCUT2D eigenvalue weighted by Gasteiger charge is 2.16. The topological polar surface area (TPSA) is 73.1 Å². The Balaban J connectivity index is 1.79. The van der Waals surface area contributed by atoms with Crippen molar-refractivity contribution >= 4 is 16.8 Å². The summed E-state index contributed by atoms with van der Waals surface area (Å²) in [5.41, 5.74) is 0.985. The van der Waals surface area contributed by atoms with Crippen LogP contribution in [0.2, 0.25) is 0 Å². The smallest absolute Gasteiger partial charge is 0.331 e. The van der Waals surface area contributed by atoms with Crippen LogP contribution in [-0.4, -0.2) is 21.1 Å². The molecule has 0 aliphatic rings. The second-order valence-electron chi connectivity index (χ2n) is 8.52. The molecule has 0 aliphatic carbocycles. The first kappa shape index (κ1) is 22.5. The van der Waals surface area contributed by atoms with E-state index in [1.807, 2.05) is 25.1 Å². The highest BCUT2D eigenvalue weighted by molar-refractivity contribution is 5.81. The van der Waals surface area contributed by atoms with Gasteiger partial charge in [0.25, 0.3) is 5.56 Å². The molecule has 0 radical (unpaired) electrons. The lowest BCUT2D eigenvalue weighted by atomic mass is 10.1. The summed E-state index contributed by atoms with van der Waals surface area (Å²) in [5.74, 6) is 0.127. The van der Waals surface area contributed by atoms with Gasteiger partial charge in [0, 0.05) is 12.6 Å². The van der Waals surface area contributed by atoms with Crippen LogP contribution in [0.4, 0.5) is 0 Å². The predicted octanol–water partition coefficient (Wildman–Crippen LogP) is 3.35. The lowest BCUT2D eigenvalue weighted by molar-refractivity contribution is -0.122. The molecule has 0 saturated carbocycles. The Bertz CT molecular complexity index is 1150. The molecular weight excluding hydrogens is 390 g/mol. The minimum atomic E-state index is -0.434. The monoisotopic (exact) mass is 421 g/mol. The molecular formula is C25H31N3O3. The van der Waals surface area contributed by atoms with E-state index in [1.165, 1.54) is 14.7 Å². The van der Waals surface area contributed by atoms with Crippen molar-refractivity contribution in [2.24, 2.45) is 5.92 Å². The van der Waals surface area contributed by atoms with Gasteiger partial charge in [-0.1, -0.05) is 56.3 Å². The number of para-hydroxylation sites is 1. The Kier molecular flexibility index (Phi) is 7.45. The molecule has 0 fully saturated rings. The lowest BCUT2D eigenvalue weighted by Gasteiger charge is -2.17. The van der Waals surface area contributed by atoms with E-state index >= 15 is 0 Å². The number of benzene rings is 2. The predicted molar refractivity (Wildman–Crippen MR) is 124 cm³/mol. The Morgan fingerprint density at radius 3 is 2.29 bits per heavy atom. The van der Waals surface area contributed by atoms with E-state index in [4.69, 9.17) is 0 Å². The summed E-state index contributed by atoms with van der Waals surface area (Å²) in [4.78, 5) is 38.7. The minimum Gasteiger partial charge on any atom is -0.352 e. The summed E-state index contributed by atoms with van der Waals surface area (Å²) in [6.45, 7) is 6.29. The first-order valence-electron chi connectivity index (χ1n) is 10.9. The standard InChI is InChI=1S/C25H31N3O3/c1-18(2)15-16-27-24(30)21-11-7-8-12-22(21)28(25(27)31)17-23(29)26-19(3)13-14-20-9-5-4-6-10-20/h4-12,18-19H,13-17H2,1-3H3,(H,26,29)/t19-/m1/s1. The summed E-state index contributed by atoms with van der Waals surface area (Å²) in [6, 6.07) is 17.1. The Morgan fingerprint density at radius 1 is 0.903 bits per heavy atom. The Hall–Kier alpha value is -3.15. The number of carbonyl (C=O) groups excluding carboxylic acids is 1. The normalized spacial score (nSPS) is 12.3. The van der Waals surface area contributed by atoms with E-state index in [0.29, 0.717) is 23.4 Å².